The van der Waals surface area contributed by atoms with Crippen molar-refractivity contribution in [3.05, 3.63) is 65.9 Å². The maximum absolute atomic E-state index is 13.0. The molecule has 1 aliphatic heterocycles. The van der Waals surface area contributed by atoms with E-state index in [1.165, 1.54) is 16.4 Å². The maximum atomic E-state index is 13.0. The molecule has 0 amide bonds. The van der Waals surface area contributed by atoms with Crippen molar-refractivity contribution in [2.45, 2.75) is 17.9 Å². The molecular formula is C16H14FN3O2S. The number of fused-ring (bicyclic) bond motifs is 3. The van der Waals surface area contributed by atoms with Gasteiger partial charge in [-0.1, -0.05) is 6.07 Å². The van der Waals surface area contributed by atoms with E-state index in [0.717, 1.165) is 29.2 Å². The highest BCUT2D eigenvalue weighted by Crippen LogP contribution is 2.25. The monoisotopic (exact) mass is 331 g/mol. The van der Waals surface area contributed by atoms with E-state index in [2.05, 4.69) is 4.98 Å². The first-order chi connectivity index (χ1) is 11.1. The summed E-state index contributed by atoms with van der Waals surface area (Å²) in [6.45, 7) is 0.636. The van der Waals surface area contributed by atoms with Crippen molar-refractivity contribution in [1.29, 1.82) is 0 Å². The van der Waals surface area contributed by atoms with E-state index < -0.39 is 15.8 Å². The fraction of sp³-hybridized carbons (Fsp3) is 0.188. The third-order valence-corrected chi connectivity index (χ3v) is 5.95. The summed E-state index contributed by atoms with van der Waals surface area (Å²) in [6, 6.07) is 10.6. The number of pyridine rings is 1. The first-order valence-electron chi connectivity index (χ1n) is 7.26. The number of hydrogen-bond donors (Lipinski definition) is 0. The van der Waals surface area contributed by atoms with Gasteiger partial charge in [0.2, 0.25) is 10.0 Å². The summed E-state index contributed by atoms with van der Waals surface area (Å²) in [5.74, 6) is -0.452. The van der Waals surface area contributed by atoms with Crippen LogP contribution in [0.4, 0.5) is 4.39 Å². The Balaban J connectivity index is 1.73. The number of nitrogens with zero attached hydrogens (tertiary/aromatic N) is 3. The lowest BCUT2D eigenvalue weighted by atomic mass is 10.2. The summed E-state index contributed by atoms with van der Waals surface area (Å²) in [7, 11) is -3.64. The lowest BCUT2D eigenvalue weighted by molar-refractivity contribution is 0.383. The second-order valence-corrected chi connectivity index (χ2v) is 7.41. The van der Waals surface area contributed by atoms with Crippen LogP contribution in [0.25, 0.3) is 5.65 Å². The average Bonchev–Trinajstić information content (AvgIpc) is 2.93. The molecule has 0 spiro atoms. The minimum atomic E-state index is -3.64. The van der Waals surface area contributed by atoms with Crippen LogP contribution in [0, 0.1) is 5.82 Å². The second-order valence-electron chi connectivity index (χ2n) is 5.48. The molecule has 3 heterocycles. The van der Waals surface area contributed by atoms with E-state index in [1.807, 2.05) is 28.8 Å². The van der Waals surface area contributed by atoms with Gasteiger partial charge in [0, 0.05) is 19.2 Å². The Hall–Kier alpha value is -2.25. The highest BCUT2D eigenvalue weighted by Gasteiger charge is 2.30. The molecule has 0 unspecified atom stereocenters. The fourth-order valence-corrected chi connectivity index (χ4v) is 4.30. The number of rotatable bonds is 2. The van der Waals surface area contributed by atoms with Crippen molar-refractivity contribution >= 4 is 15.7 Å². The summed E-state index contributed by atoms with van der Waals surface area (Å²) in [4.78, 5) is 4.65. The van der Waals surface area contributed by atoms with Crippen LogP contribution in [0.2, 0.25) is 0 Å². The minimum absolute atomic E-state index is 0.108. The van der Waals surface area contributed by atoms with Crippen LogP contribution >= 0.6 is 0 Å². The van der Waals surface area contributed by atoms with Gasteiger partial charge in [-0.15, -0.1) is 0 Å². The molecule has 0 N–H and O–H groups in total. The molecule has 4 rings (SSSR count). The topological polar surface area (TPSA) is 54.7 Å². The molecule has 5 nitrogen and oxygen atoms in total. The zero-order chi connectivity index (χ0) is 16.0. The van der Waals surface area contributed by atoms with Crippen molar-refractivity contribution in [2.75, 3.05) is 6.54 Å². The molecule has 0 saturated heterocycles. The smallest absolute Gasteiger partial charge is 0.243 e. The van der Waals surface area contributed by atoms with Gasteiger partial charge in [0.1, 0.15) is 11.5 Å². The van der Waals surface area contributed by atoms with Gasteiger partial charge in [0.15, 0.2) is 0 Å². The summed E-state index contributed by atoms with van der Waals surface area (Å²) in [5, 5.41) is 0. The van der Waals surface area contributed by atoms with Crippen LogP contribution < -0.4 is 0 Å². The Labute approximate surface area is 133 Å². The molecule has 1 aromatic carbocycles. The third kappa shape index (κ3) is 2.32. The van der Waals surface area contributed by atoms with Gasteiger partial charge in [-0.2, -0.15) is 4.31 Å². The van der Waals surface area contributed by atoms with E-state index in [9.17, 15) is 12.8 Å². The van der Waals surface area contributed by atoms with Crippen molar-refractivity contribution < 1.29 is 12.8 Å². The lowest BCUT2D eigenvalue weighted by Crippen LogP contribution is -2.36. The van der Waals surface area contributed by atoms with Crippen LogP contribution in [-0.2, 0) is 23.0 Å². The van der Waals surface area contributed by atoms with E-state index in [4.69, 9.17) is 0 Å². The molecule has 118 valence electrons. The van der Waals surface area contributed by atoms with Crippen LogP contribution in [0.15, 0.2) is 53.6 Å². The van der Waals surface area contributed by atoms with Gasteiger partial charge in [-0.25, -0.2) is 17.8 Å². The quantitative estimate of drug-likeness (QED) is 0.723. The SMILES string of the molecule is O=S(=O)(c1ccc(F)cc1)N1CCc2nc3ccccn3c2C1. The van der Waals surface area contributed by atoms with E-state index in [1.54, 1.807) is 0 Å². The molecule has 2 aromatic heterocycles. The van der Waals surface area contributed by atoms with Crippen LogP contribution in [0.1, 0.15) is 11.4 Å². The molecule has 0 bridgehead atoms. The minimum Gasteiger partial charge on any atom is -0.302 e. The van der Waals surface area contributed by atoms with Gasteiger partial charge in [0.25, 0.3) is 0 Å². The summed E-state index contributed by atoms with van der Waals surface area (Å²) in [6.07, 6.45) is 2.45. The predicted molar refractivity (Wildman–Crippen MR) is 82.9 cm³/mol. The fourth-order valence-electron chi connectivity index (χ4n) is 2.90. The zero-order valence-electron chi connectivity index (χ0n) is 12.2. The van der Waals surface area contributed by atoms with Gasteiger partial charge in [-0.05, 0) is 36.4 Å². The van der Waals surface area contributed by atoms with Crippen molar-refractivity contribution in [2.24, 2.45) is 0 Å². The predicted octanol–water partition coefficient (Wildman–Crippen LogP) is 2.22. The average molecular weight is 331 g/mol. The summed E-state index contributed by atoms with van der Waals surface area (Å²) in [5.41, 5.74) is 2.64. The highest BCUT2D eigenvalue weighted by molar-refractivity contribution is 7.89. The Bertz CT molecular complexity index is 980. The molecule has 0 saturated carbocycles. The number of aromatic nitrogens is 2. The van der Waals surface area contributed by atoms with Gasteiger partial charge in [0.05, 0.1) is 22.8 Å². The van der Waals surface area contributed by atoms with E-state index in [0.29, 0.717) is 13.0 Å². The van der Waals surface area contributed by atoms with Crippen LogP contribution in [-0.4, -0.2) is 28.7 Å². The Morgan fingerprint density at radius 3 is 2.65 bits per heavy atom. The molecule has 1 aliphatic rings. The lowest BCUT2D eigenvalue weighted by Gasteiger charge is -2.26. The highest BCUT2D eigenvalue weighted by atomic mass is 32.2. The van der Waals surface area contributed by atoms with Crippen molar-refractivity contribution in [3.8, 4) is 0 Å². The summed E-state index contributed by atoms with van der Waals surface area (Å²) >= 11 is 0. The second kappa shape index (κ2) is 5.14. The van der Waals surface area contributed by atoms with Gasteiger partial charge >= 0.3 is 0 Å². The van der Waals surface area contributed by atoms with Crippen LogP contribution in [0.5, 0.6) is 0 Å². The Kier molecular flexibility index (Phi) is 3.21. The third-order valence-electron chi connectivity index (χ3n) is 4.09. The van der Waals surface area contributed by atoms with Gasteiger partial charge in [-0.3, -0.25) is 0 Å². The largest absolute Gasteiger partial charge is 0.302 e. The van der Waals surface area contributed by atoms with Gasteiger partial charge < -0.3 is 4.40 Å². The molecule has 0 radical (unpaired) electrons. The first-order valence-corrected chi connectivity index (χ1v) is 8.70. The Morgan fingerprint density at radius 1 is 1.09 bits per heavy atom. The number of sulfonamides is 1. The molecule has 23 heavy (non-hydrogen) atoms. The molecule has 3 aromatic rings. The van der Waals surface area contributed by atoms with Crippen molar-refractivity contribution in [3.63, 3.8) is 0 Å². The van der Waals surface area contributed by atoms with E-state index >= 15 is 0 Å². The number of benzene rings is 1. The molecule has 0 fully saturated rings. The molecule has 7 heteroatoms. The van der Waals surface area contributed by atoms with Crippen LogP contribution in [0.3, 0.4) is 0 Å². The molecule has 0 aliphatic carbocycles. The number of halogens is 1. The number of hydrogen-bond acceptors (Lipinski definition) is 3. The maximum Gasteiger partial charge on any atom is 0.243 e. The molecule has 0 atom stereocenters. The molecular weight excluding hydrogens is 317 g/mol. The Morgan fingerprint density at radius 2 is 1.87 bits per heavy atom. The zero-order valence-corrected chi connectivity index (χ0v) is 13.0. The summed E-state index contributed by atoms with van der Waals surface area (Å²) < 4.78 is 41.8. The van der Waals surface area contributed by atoms with E-state index in [-0.39, 0.29) is 11.4 Å². The van der Waals surface area contributed by atoms with Crippen molar-refractivity contribution in [1.82, 2.24) is 13.7 Å². The number of imidazole rings is 1. The normalized spacial score (nSPS) is 15.7. The first kappa shape index (κ1) is 14.3. The standard InChI is InChI=1S/C16H14FN3O2S/c17-12-4-6-13(7-5-12)23(21,22)19-10-8-14-15(11-19)20-9-2-1-3-16(20)18-14/h1-7,9H,8,10-11H2.